The van der Waals surface area contributed by atoms with Gasteiger partial charge in [0.25, 0.3) is 5.91 Å². The van der Waals surface area contributed by atoms with Crippen molar-refractivity contribution in [3.05, 3.63) is 63.4 Å². The Morgan fingerprint density at radius 2 is 2.00 bits per heavy atom. The van der Waals surface area contributed by atoms with E-state index in [0.29, 0.717) is 18.8 Å². The van der Waals surface area contributed by atoms with E-state index >= 15 is 0 Å². The van der Waals surface area contributed by atoms with Gasteiger partial charge in [0.05, 0.1) is 7.05 Å². The summed E-state index contributed by atoms with van der Waals surface area (Å²) in [4.78, 5) is 25.0. The van der Waals surface area contributed by atoms with Gasteiger partial charge in [0, 0.05) is 18.2 Å². The van der Waals surface area contributed by atoms with E-state index in [4.69, 9.17) is 0 Å². The van der Waals surface area contributed by atoms with Crippen LogP contribution in [0, 0.1) is 0 Å². The Morgan fingerprint density at radius 3 is 2.64 bits per heavy atom. The Bertz CT molecular complexity index is 898. The van der Waals surface area contributed by atoms with Crippen molar-refractivity contribution < 1.29 is 9.69 Å². The Balaban J connectivity index is 1.66. The molecule has 0 fully saturated rings. The number of quaternary nitrogens is 1. The van der Waals surface area contributed by atoms with Crippen molar-refractivity contribution in [2.24, 2.45) is 0 Å². The standard InChI is InChI=1S/C16H18N6O2S/c1-17-15(23)13-7-5-12(6-8-13)10-20(2)11-21-16(24)22(19-18-21)14-4-3-9-25-14/h3-9H,10-11H2,1-2H3,(H,17,23)/p+1. The summed E-state index contributed by atoms with van der Waals surface area (Å²) in [6.07, 6.45) is 0. The lowest BCUT2D eigenvalue weighted by atomic mass is 10.1. The summed E-state index contributed by atoms with van der Waals surface area (Å²) in [5.41, 5.74) is 1.44. The normalized spacial score (nSPS) is 12.1. The molecule has 1 aromatic carbocycles. The van der Waals surface area contributed by atoms with Crippen LogP contribution in [0.2, 0.25) is 0 Å². The van der Waals surface area contributed by atoms with Gasteiger partial charge >= 0.3 is 5.69 Å². The predicted molar refractivity (Wildman–Crippen MR) is 93.9 cm³/mol. The van der Waals surface area contributed by atoms with E-state index in [9.17, 15) is 9.59 Å². The smallest absolute Gasteiger partial charge is 0.355 e. The number of nitrogens with one attached hydrogen (secondary N) is 2. The van der Waals surface area contributed by atoms with Crippen molar-refractivity contribution in [1.29, 1.82) is 0 Å². The molecule has 0 aliphatic rings. The van der Waals surface area contributed by atoms with Crippen molar-refractivity contribution in [2.75, 3.05) is 14.1 Å². The molecule has 8 nitrogen and oxygen atoms in total. The van der Waals surface area contributed by atoms with E-state index < -0.39 is 0 Å². The lowest BCUT2D eigenvalue weighted by Crippen LogP contribution is -3.07. The molecule has 0 aliphatic carbocycles. The predicted octanol–water partition coefficient (Wildman–Crippen LogP) is -0.477. The molecule has 2 aromatic heterocycles. The van der Waals surface area contributed by atoms with Crippen LogP contribution in [0.25, 0.3) is 5.00 Å². The largest absolute Gasteiger partial charge is 0.374 e. The van der Waals surface area contributed by atoms with Gasteiger partial charge in [0.15, 0.2) is 6.67 Å². The zero-order valence-corrected chi connectivity index (χ0v) is 14.8. The number of carbonyl (C=O) groups is 1. The Labute approximate surface area is 148 Å². The quantitative estimate of drug-likeness (QED) is 0.623. The summed E-state index contributed by atoms with van der Waals surface area (Å²) in [5, 5.41) is 13.1. The van der Waals surface area contributed by atoms with Crippen LogP contribution in [0.3, 0.4) is 0 Å². The summed E-state index contributed by atoms with van der Waals surface area (Å²) in [5.74, 6) is -0.107. The molecular formula is C16H19N6O2S+. The lowest BCUT2D eigenvalue weighted by Gasteiger charge is -2.13. The van der Waals surface area contributed by atoms with E-state index in [2.05, 4.69) is 15.7 Å². The highest BCUT2D eigenvalue weighted by Gasteiger charge is 2.13. The first-order valence-electron chi connectivity index (χ1n) is 7.77. The van der Waals surface area contributed by atoms with Gasteiger partial charge < -0.3 is 10.2 Å². The molecule has 1 atom stereocenters. The van der Waals surface area contributed by atoms with E-state index in [1.54, 1.807) is 19.2 Å². The zero-order chi connectivity index (χ0) is 17.8. The molecule has 2 heterocycles. The zero-order valence-electron chi connectivity index (χ0n) is 14.0. The van der Waals surface area contributed by atoms with Crippen LogP contribution in [0.4, 0.5) is 0 Å². The second-order valence-electron chi connectivity index (χ2n) is 5.69. The molecule has 25 heavy (non-hydrogen) atoms. The maximum Gasteiger partial charge on any atom is 0.374 e. The van der Waals surface area contributed by atoms with Crippen LogP contribution in [-0.4, -0.2) is 39.8 Å². The van der Waals surface area contributed by atoms with Gasteiger partial charge in [0.1, 0.15) is 11.5 Å². The first-order chi connectivity index (χ1) is 12.1. The van der Waals surface area contributed by atoms with Crippen molar-refractivity contribution in [3.63, 3.8) is 0 Å². The third-order valence-corrected chi connectivity index (χ3v) is 4.57. The molecule has 130 valence electrons. The minimum absolute atomic E-state index is 0.107. The molecule has 0 radical (unpaired) electrons. The summed E-state index contributed by atoms with van der Waals surface area (Å²) in [6.45, 7) is 1.10. The fourth-order valence-electron chi connectivity index (χ4n) is 2.48. The number of thiophene rings is 1. The molecule has 0 saturated carbocycles. The van der Waals surface area contributed by atoms with Crippen LogP contribution in [-0.2, 0) is 13.2 Å². The van der Waals surface area contributed by atoms with Crippen molar-refractivity contribution in [3.8, 4) is 5.00 Å². The number of hydrogen-bond donors (Lipinski definition) is 2. The second kappa shape index (κ2) is 7.41. The van der Waals surface area contributed by atoms with E-state index in [-0.39, 0.29) is 11.6 Å². The van der Waals surface area contributed by atoms with Crippen molar-refractivity contribution in [2.45, 2.75) is 13.2 Å². The number of hydrogen-bond acceptors (Lipinski definition) is 5. The van der Waals surface area contributed by atoms with Gasteiger partial charge in [-0.15, -0.1) is 20.7 Å². The number of benzene rings is 1. The average molecular weight is 359 g/mol. The first-order valence-corrected chi connectivity index (χ1v) is 8.65. The lowest BCUT2D eigenvalue weighted by molar-refractivity contribution is -0.917. The summed E-state index contributed by atoms with van der Waals surface area (Å²) in [6, 6.07) is 11.1. The first kappa shape index (κ1) is 17.1. The van der Waals surface area contributed by atoms with Crippen LogP contribution in [0.1, 0.15) is 15.9 Å². The van der Waals surface area contributed by atoms with Crippen molar-refractivity contribution in [1.82, 2.24) is 25.1 Å². The molecule has 2 N–H and O–H groups in total. The van der Waals surface area contributed by atoms with Crippen molar-refractivity contribution >= 4 is 17.2 Å². The number of aromatic nitrogens is 4. The molecule has 0 saturated heterocycles. The number of rotatable bonds is 6. The van der Waals surface area contributed by atoms with Crippen LogP contribution < -0.4 is 15.9 Å². The maximum atomic E-state index is 12.4. The van der Waals surface area contributed by atoms with Gasteiger partial charge in [-0.2, -0.15) is 0 Å². The topological polar surface area (TPSA) is 86.2 Å². The van der Waals surface area contributed by atoms with E-state index in [1.807, 2.05) is 36.7 Å². The number of tetrazole rings is 1. The van der Waals surface area contributed by atoms with Gasteiger partial charge in [-0.05, 0) is 40.1 Å². The molecule has 9 heteroatoms. The Morgan fingerprint density at radius 1 is 1.24 bits per heavy atom. The van der Waals surface area contributed by atoms with E-state index in [0.717, 1.165) is 15.5 Å². The average Bonchev–Trinajstić information content (AvgIpc) is 3.25. The molecule has 0 spiro atoms. The Hall–Kier alpha value is -2.78. The second-order valence-corrected chi connectivity index (χ2v) is 6.62. The SMILES string of the molecule is CNC(=O)c1ccc(C[NH+](C)Cn2nnn(-c3cccs3)c2=O)cc1. The monoisotopic (exact) mass is 359 g/mol. The third kappa shape index (κ3) is 3.83. The highest BCUT2D eigenvalue weighted by molar-refractivity contribution is 7.12. The van der Waals surface area contributed by atoms with Crippen LogP contribution in [0.5, 0.6) is 0 Å². The fourth-order valence-corrected chi connectivity index (χ4v) is 3.15. The van der Waals surface area contributed by atoms with Crippen LogP contribution in [0.15, 0.2) is 46.6 Å². The fraction of sp³-hybridized carbons (Fsp3) is 0.250. The third-order valence-electron chi connectivity index (χ3n) is 3.72. The molecule has 0 aliphatic heterocycles. The molecule has 1 amide bonds. The van der Waals surface area contributed by atoms with E-state index in [1.165, 1.54) is 20.7 Å². The summed E-state index contributed by atoms with van der Waals surface area (Å²) in [7, 11) is 3.58. The van der Waals surface area contributed by atoms with Gasteiger partial charge in [0.2, 0.25) is 0 Å². The van der Waals surface area contributed by atoms with Gasteiger partial charge in [-0.25, -0.2) is 4.79 Å². The minimum Gasteiger partial charge on any atom is -0.355 e. The number of carbonyl (C=O) groups excluding carboxylic acids is 1. The summed E-state index contributed by atoms with van der Waals surface area (Å²) < 4.78 is 2.66. The highest BCUT2D eigenvalue weighted by atomic mass is 32.1. The number of amides is 1. The number of nitrogens with zero attached hydrogens (tertiary/aromatic N) is 4. The molecule has 3 aromatic rings. The minimum atomic E-state index is -0.253. The highest BCUT2D eigenvalue weighted by Crippen LogP contribution is 2.10. The molecule has 3 rings (SSSR count). The Kier molecular flexibility index (Phi) is 5.05. The van der Waals surface area contributed by atoms with Gasteiger partial charge in [-0.3, -0.25) is 4.79 Å². The maximum absolute atomic E-state index is 12.4. The summed E-state index contributed by atoms with van der Waals surface area (Å²) >= 11 is 1.44. The molecule has 0 bridgehead atoms. The molecular weight excluding hydrogens is 340 g/mol. The van der Waals surface area contributed by atoms with Crippen LogP contribution >= 0.6 is 11.3 Å². The van der Waals surface area contributed by atoms with Gasteiger partial charge in [-0.1, -0.05) is 12.1 Å². The molecule has 1 unspecified atom stereocenters.